The first-order valence-corrected chi connectivity index (χ1v) is 6.52. The van der Waals surface area contributed by atoms with Crippen molar-refractivity contribution in [2.75, 3.05) is 5.73 Å². The fraction of sp³-hybridized carbons (Fsp3) is 0.0588. The molecule has 2 N–H and O–H groups in total. The van der Waals surface area contributed by atoms with Crippen LogP contribution in [-0.2, 0) is 6.42 Å². The lowest BCUT2D eigenvalue weighted by atomic mass is 10.0. The number of aromatic nitrogens is 2. The summed E-state index contributed by atoms with van der Waals surface area (Å²) in [5.74, 6) is 0.500. The summed E-state index contributed by atoms with van der Waals surface area (Å²) in [6, 6.07) is 18.8. The van der Waals surface area contributed by atoms with Crippen LogP contribution < -0.4 is 5.73 Å². The van der Waals surface area contributed by atoms with Crippen LogP contribution in [0.5, 0.6) is 0 Å². The zero-order valence-electron chi connectivity index (χ0n) is 11.0. The molecule has 3 rings (SSSR count). The third-order valence-electron chi connectivity index (χ3n) is 3.24. The molecule has 0 aliphatic heterocycles. The highest BCUT2D eigenvalue weighted by Crippen LogP contribution is 2.20. The molecule has 3 nitrogen and oxygen atoms in total. The Kier molecular flexibility index (Phi) is 3.42. The number of rotatable bonds is 3. The lowest BCUT2D eigenvalue weighted by molar-refractivity contribution is 1.04. The van der Waals surface area contributed by atoms with Gasteiger partial charge in [0.1, 0.15) is 5.82 Å². The molecule has 20 heavy (non-hydrogen) atoms. The molecule has 0 aliphatic rings. The van der Waals surface area contributed by atoms with Gasteiger partial charge in [-0.05, 0) is 16.7 Å². The molecule has 3 heteroatoms. The van der Waals surface area contributed by atoms with Crippen molar-refractivity contribution in [3.63, 3.8) is 0 Å². The Morgan fingerprint density at radius 1 is 0.750 bits per heavy atom. The number of benzene rings is 2. The van der Waals surface area contributed by atoms with Crippen LogP contribution in [0.3, 0.4) is 0 Å². The molecule has 0 spiro atoms. The predicted molar refractivity (Wildman–Crippen MR) is 81.1 cm³/mol. The van der Waals surface area contributed by atoms with Crippen molar-refractivity contribution in [3.8, 4) is 11.1 Å². The molecule has 0 radical (unpaired) electrons. The van der Waals surface area contributed by atoms with Crippen LogP contribution >= 0.6 is 0 Å². The highest BCUT2D eigenvalue weighted by molar-refractivity contribution is 5.63. The highest BCUT2D eigenvalue weighted by atomic mass is 14.9. The van der Waals surface area contributed by atoms with Gasteiger partial charge in [-0.1, -0.05) is 54.6 Å². The van der Waals surface area contributed by atoms with E-state index in [1.807, 2.05) is 18.2 Å². The molecule has 0 bridgehead atoms. The summed E-state index contributed by atoms with van der Waals surface area (Å²) in [7, 11) is 0. The van der Waals surface area contributed by atoms with Crippen molar-refractivity contribution in [2.24, 2.45) is 0 Å². The maximum Gasteiger partial charge on any atom is 0.145 e. The Bertz CT molecular complexity index is 691. The monoisotopic (exact) mass is 261 g/mol. The van der Waals surface area contributed by atoms with Gasteiger partial charge in [-0.3, -0.25) is 4.98 Å². The first-order chi connectivity index (χ1) is 9.83. The zero-order chi connectivity index (χ0) is 13.8. The highest BCUT2D eigenvalue weighted by Gasteiger charge is 2.03. The van der Waals surface area contributed by atoms with Crippen LogP contribution in [0.1, 0.15) is 11.3 Å². The number of nitrogen functional groups attached to an aromatic ring is 1. The summed E-state index contributed by atoms with van der Waals surface area (Å²) in [5.41, 5.74) is 10.2. The van der Waals surface area contributed by atoms with Gasteiger partial charge in [-0.15, -0.1) is 0 Å². The Morgan fingerprint density at radius 3 is 2.10 bits per heavy atom. The van der Waals surface area contributed by atoms with E-state index in [1.54, 1.807) is 12.4 Å². The summed E-state index contributed by atoms with van der Waals surface area (Å²) in [6.07, 6.45) is 3.98. The first-order valence-electron chi connectivity index (χ1n) is 6.52. The van der Waals surface area contributed by atoms with Crippen LogP contribution in [0.15, 0.2) is 67.0 Å². The molecule has 1 aromatic heterocycles. The van der Waals surface area contributed by atoms with E-state index in [1.165, 1.54) is 16.7 Å². The maximum atomic E-state index is 5.82. The van der Waals surface area contributed by atoms with E-state index in [0.717, 1.165) is 5.69 Å². The molecular formula is C17H15N3. The summed E-state index contributed by atoms with van der Waals surface area (Å²) in [5, 5.41) is 0. The number of hydrogen-bond acceptors (Lipinski definition) is 3. The van der Waals surface area contributed by atoms with E-state index in [-0.39, 0.29) is 0 Å². The van der Waals surface area contributed by atoms with E-state index in [0.29, 0.717) is 12.2 Å². The van der Waals surface area contributed by atoms with Crippen molar-refractivity contribution in [1.82, 2.24) is 9.97 Å². The van der Waals surface area contributed by atoms with Gasteiger partial charge in [0.2, 0.25) is 0 Å². The van der Waals surface area contributed by atoms with Gasteiger partial charge in [0.15, 0.2) is 0 Å². The fourth-order valence-corrected chi connectivity index (χ4v) is 2.15. The van der Waals surface area contributed by atoms with E-state index in [9.17, 15) is 0 Å². The van der Waals surface area contributed by atoms with Crippen molar-refractivity contribution in [1.29, 1.82) is 0 Å². The Morgan fingerprint density at radius 2 is 1.40 bits per heavy atom. The predicted octanol–water partition coefficient (Wildman–Crippen LogP) is 3.32. The van der Waals surface area contributed by atoms with Crippen molar-refractivity contribution < 1.29 is 0 Å². The Hall–Kier alpha value is -2.68. The number of anilines is 1. The summed E-state index contributed by atoms with van der Waals surface area (Å²) in [4.78, 5) is 8.32. The van der Waals surface area contributed by atoms with Crippen LogP contribution in [-0.4, -0.2) is 9.97 Å². The third kappa shape index (κ3) is 2.67. The van der Waals surface area contributed by atoms with Gasteiger partial charge in [-0.25, -0.2) is 4.98 Å². The average molecular weight is 261 g/mol. The smallest absolute Gasteiger partial charge is 0.145 e. The Labute approximate surface area is 118 Å². The fourth-order valence-electron chi connectivity index (χ4n) is 2.15. The minimum absolute atomic E-state index is 0.500. The second-order valence-corrected chi connectivity index (χ2v) is 4.63. The third-order valence-corrected chi connectivity index (χ3v) is 3.24. The lowest BCUT2D eigenvalue weighted by Crippen LogP contribution is -2.00. The minimum Gasteiger partial charge on any atom is -0.382 e. The summed E-state index contributed by atoms with van der Waals surface area (Å²) >= 11 is 0. The zero-order valence-corrected chi connectivity index (χ0v) is 11.0. The summed E-state index contributed by atoms with van der Waals surface area (Å²) < 4.78 is 0. The molecule has 0 amide bonds. The average Bonchev–Trinajstić information content (AvgIpc) is 2.51. The molecule has 98 valence electrons. The maximum absolute atomic E-state index is 5.82. The topological polar surface area (TPSA) is 51.8 Å². The first kappa shape index (κ1) is 12.4. The molecule has 0 atom stereocenters. The van der Waals surface area contributed by atoms with Gasteiger partial charge < -0.3 is 5.73 Å². The molecule has 0 aliphatic carbocycles. The normalized spacial score (nSPS) is 10.4. The molecule has 0 fully saturated rings. The van der Waals surface area contributed by atoms with Crippen LogP contribution in [0, 0.1) is 0 Å². The van der Waals surface area contributed by atoms with Gasteiger partial charge in [0, 0.05) is 18.8 Å². The van der Waals surface area contributed by atoms with E-state index >= 15 is 0 Å². The van der Waals surface area contributed by atoms with Crippen molar-refractivity contribution in [3.05, 3.63) is 78.2 Å². The lowest BCUT2D eigenvalue weighted by Gasteiger charge is -2.05. The van der Waals surface area contributed by atoms with E-state index in [2.05, 4.69) is 46.4 Å². The van der Waals surface area contributed by atoms with Crippen molar-refractivity contribution >= 4 is 5.82 Å². The molecule has 0 saturated heterocycles. The summed E-state index contributed by atoms with van der Waals surface area (Å²) in [6.45, 7) is 0. The van der Waals surface area contributed by atoms with Gasteiger partial charge >= 0.3 is 0 Å². The standard InChI is InChI=1S/C17H15N3/c18-17-16(19-10-11-20-17)12-13-6-8-15(9-7-13)14-4-2-1-3-5-14/h1-11H,12H2,(H2,18,20). The van der Waals surface area contributed by atoms with E-state index < -0.39 is 0 Å². The van der Waals surface area contributed by atoms with Gasteiger partial charge in [0.25, 0.3) is 0 Å². The number of nitrogens with zero attached hydrogens (tertiary/aromatic N) is 2. The van der Waals surface area contributed by atoms with Gasteiger partial charge in [-0.2, -0.15) is 0 Å². The van der Waals surface area contributed by atoms with Crippen LogP contribution in [0.2, 0.25) is 0 Å². The number of nitrogens with two attached hydrogens (primary N) is 1. The van der Waals surface area contributed by atoms with Gasteiger partial charge in [0.05, 0.1) is 5.69 Å². The van der Waals surface area contributed by atoms with Crippen molar-refractivity contribution in [2.45, 2.75) is 6.42 Å². The second kappa shape index (κ2) is 5.53. The van der Waals surface area contributed by atoms with Crippen LogP contribution in [0.25, 0.3) is 11.1 Å². The molecule has 0 saturated carbocycles. The molecule has 3 aromatic rings. The largest absolute Gasteiger partial charge is 0.382 e. The number of hydrogen-bond donors (Lipinski definition) is 1. The Balaban J connectivity index is 1.82. The van der Waals surface area contributed by atoms with E-state index in [4.69, 9.17) is 5.73 Å². The molecule has 0 unspecified atom stereocenters. The molecule has 1 heterocycles. The molecule has 2 aromatic carbocycles. The molecular weight excluding hydrogens is 246 g/mol. The second-order valence-electron chi connectivity index (χ2n) is 4.63. The SMILES string of the molecule is Nc1nccnc1Cc1ccc(-c2ccccc2)cc1. The van der Waals surface area contributed by atoms with Crippen LogP contribution in [0.4, 0.5) is 5.82 Å². The quantitative estimate of drug-likeness (QED) is 0.787. The minimum atomic E-state index is 0.500.